The summed E-state index contributed by atoms with van der Waals surface area (Å²) < 4.78 is 13.1. The second-order valence-electron chi connectivity index (χ2n) is 6.06. The highest BCUT2D eigenvalue weighted by Crippen LogP contribution is 2.32. The van der Waals surface area contributed by atoms with E-state index in [1.165, 1.54) is 12.5 Å². The number of carbonyl (C=O) groups excluding carboxylic acids is 1. The van der Waals surface area contributed by atoms with Crippen LogP contribution in [0.1, 0.15) is 10.4 Å². The smallest absolute Gasteiger partial charge is 0.283 e. The van der Waals surface area contributed by atoms with Crippen LogP contribution in [0.2, 0.25) is 0 Å². The van der Waals surface area contributed by atoms with Gasteiger partial charge in [-0.25, -0.2) is 14.3 Å². The van der Waals surface area contributed by atoms with E-state index in [2.05, 4.69) is 15.5 Å². The van der Waals surface area contributed by atoms with Crippen LogP contribution in [0, 0.1) is 0 Å². The van der Waals surface area contributed by atoms with E-state index in [-0.39, 0.29) is 12.2 Å². The monoisotopic (exact) mass is 375 g/mol. The Bertz CT molecular complexity index is 1260. The minimum Gasteiger partial charge on any atom is -0.454 e. The molecular formula is C19H13N5O4. The summed E-state index contributed by atoms with van der Waals surface area (Å²) in [4.78, 5) is 29.5. The first-order chi connectivity index (χ1) is 13.7. The minimum absolute atomic E-state index is 0.117. The van der Waals surface area contributed by atoms with Gasteiger partial charge in [-0.1, -0.05) is 18.2 Å². The van der Waals surface area contributed by atoms with Crippen LogP contribution < -0.4 is 20.5 Å². The van der Waals surface area contributed by atoms with Gasteiger partial charge >= 0.3 is 0 Å². The normalized spacial score (nSPS) is 12.3. The van der Waals surface area contributed by atoms with E-state index in [1.54, 1.807) is 22.9 Å². The Hall–Kier alpha value is -4.14. The van der Waals surface area contributed by atoms with Crippen LogP contribution in [-0.4, -0.2) is 32.1 Å². The SMILES string of the molecule is O=C(Nn1cnc2c(cnn2-c2ccccc2)c1=O)c1ccc2c(c1)OCO2. The molecule has 0 radical (unpaired) electrons. The second kappa shape index (κ2) is 6.23. The Labute approximate surface area is 157 Å². The highest BCUT2D eigenvalue weighted by atomic mass is 16.7. The van der Waals surface area contributed by atoms with Gasteiger partial charge in [0.25, 0.3) is 11.5 Å². The van der Waals surface area contributed by atoms with Gasteiger partial charge in [0.05, 0.1) is 11.9 Å². The number of nitrogens with zero attached hydrogens (tertiary/aromatic N) is 4. The number of rotatable bonds is 3. The van der Waals surface area contributed by atoms with E-state index in [0.717, 1.165) is 10.4 Å². The van der Waals surface area contributed by atoms with Crippen LogP contribution >= 0.6 is 0 Å². The average molecular weight is 375 g/mol. The lowest BCUT2D eigenvalue weighted by molar-refractivity contribution is 0.101. The zero-order valence-corrected chi connectivity index (χ0v) is 14.4. The Balaban J connectivity index is 1.48. The summed E-state index contributed by atoms with van der Waals surface area (Å²) in [5, 5.41) is 4.53. The van der Waals surface area contributed by atoms with Crippen molar-refractivity contribution >= 4 is 16.9 Å². The van der Waals surface area contributed by atoms with E-state index >= 15 is 0 Å². The lowest BCUT2D eigenvalue weighted by Crippen LogP contribution is -2.33. The van der Waals surface area contributed by atoms with Gasteiger partial charge in [-0.15, -0.1) is 0 Å². The molecule has 0 fully saturated rings. The zero-order valence-electron chi connectivity index (χ0n) is 14.4. The summed E-state index contributed by atoms with van der Waals surface area (Å²) in [5.74, 6) is 0.583. The average Bonchev–Trinajstić information content (AvgIpc) is 3.37. The molecule has 1 amide bonds. The number of aromatic nitrogens is 4. The van der Waals surface area contributed by atoms with Crippen molar-refractivity contribution in [3.63, 3.8) is 0 Å². The molecule has 1 N–H and O–H groups in total. The van der Waals surface area contributed by atoms with Crippen LogP contribution in [0.15, 0.2) is 65.8 Å². The summed E-state index contributed by atoms with van der Waals surface area (Å²) in [5.41, 5.74) is 3.62. The van der Waals surface area contributed by atoms with Crippen molar-refractivity contribution < 1.29 is 14.3 Å². The molecule has 3 heterocycles. The van der Waals surface area contributed by atoms with E-state index in [0.29, 0.717) is 22.7 Å². The first-order valence-electron chi connectivity index (χ1n) is 8.42. The standard InChI is InChI=1S/C19H13N5O4/c25-18(12-6-7-15-16(8-12)28-11-27-15)22-23-10-20-17-14(19(23)26)9-21-24(17)13-4-2-1-3-5-13/h1-10H,11H2,(H,22,25). The number of para-hydroxylation sites is 1. The fourth-order valence-corrected chi connectivity index (χ4v) is 2.96. The maximum Gasteiger partial charge on any atom is 0.283 e. The Morgan fingerprint density at radius 2 is 1.89 bits per heavy atom. The molecule has 2 aromatic carbocycles. The quantitative estimate of drug-likeness (QED) is 0.585. The number of carbonyl (C=O) groups is 1. The molecule has 0 bridgehead atoms. The van der Waals surface area contributed by atoms with Crippen LogP contribution in [0.4, 0.5) is 0 Å². The molecule has 9 heteroatoms. The zero-order chi connectivity index (χ0) is 19.1. The summed E-state index contributed by atoms with van der Waals surface area (Å²) in [7, 11) is 0. The third-order valence-corrected chi connectivity index (χ3v) is 4.35. The highest BCUT2D eigenvalue weighted by Gasteiger charge is 2.17. The molecule has 2 aromatic heterocycles. The summed E-state index contributed by atoms with van der Waals surface area (Å²) >= 11 is 0. The molecule has 0 unspecified atom stereocenters. The van der Waals surface area contributed by atoms with Gasteiger partial charge in [-0.2, -0.15) is 5.10 Å². The number of fused-ring (bicyclic) bond motifs is 2. The fraction of sp³-hybridized carbons (Fsp3) is 0.0526. The van der Waals surface area contributed by atoms with Gasteiger partial charge < -0.3 is 9.47 Å². The Kier molecular flexibility index (Phi) is 3.58. The predicted molar refractivity (Wildman–Crippen MR) is 99.4 cm³/mol. The molecule has 0 saturated carbocycles. The maximum atomic E-state index is 12.7. The van der Waals surface area contributed by atoms with Gasteiger partial charge in [0, 0.05) is 5.56 Å². The molecule has 0 aliphatic carbocycles. The van der Waals surface area contributed by atoms with Crippen molar-refractivity contribution in [2.24, 2.45) is 0 Å². The molecule has 0 saturated heterocycles. The fourth-order valence-electron chi connectivity index (χ4n) is 2.96. The van der Waals surface area contributed by atoms with E-state index in [4.69, 9.17) is 9.47 Å². The second-order valence-corrected chi connectivity index (χ2v) is 6.06. The maximum absolute atomic E-state index is 12.7. The molecular weight excluding hydrogens is 362 g/mol. The van der Waals surface area contributed by atoms with Crippen LogP contribution in [0.5, 0.6) is 11.5 Å². The van der Waals surface area contributed by atoms with Crippen molar-refractivity contribution in [1.82, 2.24) is 19.4 Å². The van der Waals surface area contributed by atoms with Gasteiger partial charge in [-0.05, 0) is 30.3 Å². The number of hydrogen-bond donors (Lipinski definition) is 1. The lowest BCUT2D eigenvalue weighted by atomic mass is 10.2. The van der Waals surface area contributed by atoms with Crippen molar-refractivity contribution in [3.05, 3.63) is 77.0 Å². The minimum atomic E-state index is -0.475. The molecule has 4 aromatic rings. The van der Waals surface area contributed by atoms with E-state index < -0.39 is 11.5 Å². The van der Waals surface area contributed by atoms with E-state index in [9.17, 15) is 9.59 Å². The molecule has 9 nitrogen and oxygen atoms in total. The van der Waals surface area contributed by atoms with E-state index in [1.807, 2.05) is 30.3 Å². The van der Waals surface area contributed by atoms with Gasteiger partial charge in [0.15, 0.2) is 17.1 Å². The lowest BCUT2D eigenvalue weighted by Gasteiger charge is -2.08. The number of amides is 1. The summed E-state index contributed by atoms with van der Waals surface area (Å²) in [6.07, 6.45) is 2.69. The molecule has 138 valence electrons. The molecule has 28 heavy (non-hydrogen) atoms. The molecule has 1 aliphatic heterocycles. The Morgan fingerprint density at radius 1 is 1.07 bits per heavy atom. The van der Waals surface area contributed by atoms with Gasteiger partial charge in [0.1, 0.15) is 11.7 Å². The molecule has 5 rings (SSSR count). The third-order valence-electron chi connectivity index (χ3n) is 4.35. The van der Waals surface area contributed by atoms with Crippen molar-refractivity contribution in [2.75, 3.05) is 12.2 Å². The summed E-state index contributed by atoms with van der Waals surface area (Å²) in [6, 6.07) is 14.1. The van der Waals surface area contributed by atoms with Crippen LogP contribution in [0.25, 0.3) is 16.7 Å². The number of benzene rings is 2. The van der Waals surface area contributed by atoms with Gasteiger partial charge in [0.2, 0.25) is 6.79 Å². The van der Waals surface area contributed by atoms with Crippen molar-refractivity contribution in [3.8, 4) is 17.2 Å². The first kappa shape index (κ1) is 16.1. The number of hydrogen-bond acceptors (Lipinski definition) is 6. The summed E-state index contributed by atoms with van der Waals surface area (Å²) in [6.45, 7) is 0.117. The largest absolute Gasteiger partial charge is 0.454 e. The predicted octanol–water partition coefficient (Wildman–Crippen LogP) is 1.69. The van der Waals surface area contributed by atoms with Crippen LogP contribution in [0.3, 0.4) is 0 Å². The number of ether oxygens (including phenoxy) is 2. The Morgan fingerprint density at radius 3 is 2.75 bits per heavy atom. The van der Waals surface area contributed by atoms with Gasteiger partial charge in [-0.3, -0.25) is 15.0 Å². The molecule has 1 aliphatic rings. The highest BCUT2D eigenvalue weighted by molar-refractivity contribution is 6.00. The van der Waals surface area contributed by atoms with Crippen molar-refractivity contribution in [2.45, 2.75) is 0 Å². The van der Waals surface area contributed by atoms with Crippen molar-refractivity contribution in [1.29, 1.82) is 0 Å². The third kappa shape index (κ3) is 2.57. The molecule has 0 atom stereocenters. The number of nitrogens with one attached hydrogen (secondary N) is 1. The molecule has 0 spiro atoms. The first-order valence-corrected chi connectivity index (χ1v) is 8.42. The van der Waals surface area contributed by atoms with Crippen LogP contribution in [-0.2, 0) is 0 Å². The topological polar surface area (TPSA) is 100 Å².